The largest absolute Gasteiger partial charge is 0.493 e. The van der Waals surface area contributed by atoms with E-state index in [1.165, 1.54) is 23.0 Å². The fourth-order valence-electron chi connectivity index (χ4n) is 2.35. The molecule has 0 unspecified atom stereocenters. The summed E-state index contributed by atoms with van der Waals surface area (Å²) < 4.78 is 6.53. The van der Waals surface area contributed by atoms with E-state index in [9.17, 15) is 9.59 Å². The maximum absolute atomic E-state index is 12.2. The van der Waals surface area contributed by atoms with Gasteiger partial charge in [-0.15, -0.1) is 6.58 Å². The maximum Gasteiger partial charge on any atom is 0.283 e. The minimum Gasteiger partial charge on any atom is -0.493 e. The molecule has 8 heteroatoms. The topological polar surface area (TPSA) is 99.6 Å². The van der Waals surface area contributed by atoms with Crippen LogP contribution in [0.3, 0.4) is 0 Å². The molecule has 0 fully saturated rings. The minimum absolute atomic E-state index is 0.196. The molecule has 122 valence electrons. The zero-order valence-corrected chi connectivity index (χ0v) is 13.7. The van der Waals surface area contributed by atoms with Crippen molar-refractivity contribution in [2.24, 2.45) is 0 Å². The lowest BCUT2D eigenvalue weighted by molar-refractivity contribution is -0.115. The minimum atomic E-state index is -0.452. The molecule has 24 heavy (non-hydrogen) atoms. The molecule has 0 atom stereocenters. The van der Waals surface area contributed by atoms with E-state index in [4.69, 9.17) is 10.5 Å². The number of carbonyl (C=O) groups is 1. The number of ether oxygens (including phenoxy) is 1. The van der Waals surface area contributed by atoms with E-state index >= 15 is 0 Å². The second kappa shape index (κ2) is 6.25. The molecule has 0 radical (unpaired) electrons. The van der Waals surface area contributed by atoms with E-state index in [1.807, 2.05) is 0 Å². The molecule has 3 rings (SSSR count). The lowest BCUT2D eigenvalue weighted by atomic mass is 9.95. The number of methoxy groups -OCH3 is 1. The molecular weight excluding hydrogens is 328 g/mol. The lowest BCUT2D eigenvalue weighted by Gasteiger charge is -2.14. The van der Waals surface area contributed by atoms with Crippen LogP contribution in [0, 0.1) is 0 Å². The number of nitrogens with two attached hydrogens (primary N) is 1. The van der Waals surface area contributed by atoms with Crippen molar-refractivity contribution < 1.29 is 9.53 Å². The molecule has 2 heterocycles. The van der Waals surface area contributed by atoms with E-state index < -0.39 is 5.56 Å². The molecule has 7 nitrogen and oxygen atoms in total. The maximum atomic E-state index is 12.2. The highest BCUT2D eigenvalue weighted by molar-refractivity contribution is 7.14. The van der Waals surface area contributed by atoms with E-state index in [-0.39, 0.29) is 22.9 Å². The highest BCUT2D eigenvalue weighted by Gasteiger charge is 2.20. The second-order valence-electron chi connectivity index (χ2n) is 5.00. The van der Waals surface area contributed by atoms with E-state index in [1.54, 1.807) is 29.8 Å². The zero-order chi connectivity index (χ0) is 17.3. The van der Waals surface area contributed by atoms with Gasteiger partial charge in [0, 0.05) is 5.57 Å². The molecule has 1 aliphatic carbocycles. The van der Waals surface area contributed by atoms with Crippen molar-refractivity contribution in [2.45, 2.75) is 6.42 Å². The smallest absolute Gasteiger partial charge is 0.283 e. The number of nitrogens with zero attached hydrogens (tertiary/aromatic N) is 3. The normalized spacial score (nSPS) is 16.2. The van der Waals surface area contributed by atoms with E-state index in [0.29, 0.717) is 22.5 Å². The Hall–Kier alpha value is -3.00. The Balaban J connectivity index is 2.16. The van der Waals surface area contributed by atoms with Crippen LogP contribution < -0.4 is 11.3 Å². The second-order valence-corrected chi connectivity index (χ2v) is 5.81. The van der Waals surface area contributed by atoms with Gasteiger partial charge >= 0.3 is 0 Å². The van der Waals surface area contributed by atoms with Gasteiger partial charge in [0.25, 0.3) is 5.56 Å². The Bertz CT molecular complexity index is 994. The highest BCUT2D eigenvalue weighted by Crippen LogP contribution is 2.24. The number of anilines is 1. The number of hydrogen-bond acceptors (Lipinski definition) is 7. The van der Waals surface area contributed by atoms with Crippen LogP contribution in [0.4, 0.5) is 5.82 Å². The first kappa shape index (κ1) is 15.9. The van der Waals surface area contributed by atoms with Crippen molar-refractivity contribution in [3.63, 3.8) is 0 Å². The van der Waals surface area contributed by atoms with Gasteiger partial charge in [-0.05, 0) is 30.2 Å². The first-order chi connectivity index (χ1) is 11.5. The molecule has 2 aromatic rings. The SMILES string of the molecule is C=CCC1=C/C(=C/c2c(N)n3ncsc3nc2=O)C=C(OC)C1=O. The van der Waals surface area contributed by atoms with Crippen LogP contribution in [0.15, 0.2) is 52.0 Å². The number of carbonyl (C=O) groups excluding carboxylic acids is 1. The van der Waals surface area contributed by atoms with Gasteiger partial charge < -0.3 is 10.5 Å². The zero-order valence-electron chi connectivity index (χ0n) is 12.9. The summed E-state index contributed by atoms with van der Waals surface area (Å²) >= 11 is 1.22. The molecule has 2 N–H and O–H groups in total. The van der Waals surface area contributed by atoms with Crippen LogP contribution in [0.5, 0.6) is 0 Å². The molecule has 0 aliphatic heterocycles. The summed E-state index contributed by atoms with van der Waals surface area (Å²) in [5.74, 6) is 0.191. The van der Waals surface area contributed by atoms with Crippen molar-refractivity contribution >= 4 is 34.0 Å². The van der Waals surface area contributed by atoms with Crippen molar-refractivity contribution in [2.75, 3.05) is 12.8 Å². The molecule has 0 spiro atoms. The number of nitrogen functional groups attached to an aromatic ring is 1. The Kier molecular flexibility index (Phi) is 4.13. The summed E-state index contributed by atoms with van der Waals surface area (Å²) in [6.45, 7) is 3.64. The van der Waals surface area contributed by atoms with Gasteiger partial charge in [0.1, 0.15) is 11.3 Å². The summed E-state index contributed by atoms with van der Waals surface area (Å²) in [5, 5.41) is 4.06. The Labute approximate surface area is 141 Å². The van der Waals surface area contributed by atoms with Crippen LogP contribution in [-0.2, 0) is 9.53 Å². The van der Waals surface area contributed by atoms with Crippen LogP contribution in [0.25, 0.3) is 11.0 Å². The average Bonchev–Trinajstić information content (AvgIpc) is 3.02. The Morgan fingerprint density at radius 2 is 2.21 bits per heavy atom. The number of aromatic nitrogens is 3. The van der Waals surface area contributed by atoms with Gasteiger partial charge in [0.05, 0.1) is 12.7 Å². The van der Waals surface area contributed by atoms with Gasteiger partial charge in [-0.1, -0.05) is 17.4 Å². The van der Waals surface area contributed by atoms with Gasteiger partial charge in [0.2, 0.25) is 10.7 Å². The van der Waals surface area contributed by atoms with Gasteiger partial charge in [-0.2, -0.15) is 14.6 Å². The predicted octanol–water partition coefficient (Wildman–Crippen LogP) is 1.73. The molecule has 0 saturated carbocycles. The molecule has 1 aliphatic rings. The van der Waals surface area contributed by atoms with Crippen LogP contribution in [0.2, 0.25) is 0 Å². The molecule has 0 amide bonds. The van der Waals surface area contributed by atoms with E-state index in [0.717, 1.165) is 0 Å². The fraction of sp³-hybridized carbons (Fsp3) is 0.125. The quantitative estimate of drug-likeness (QED) is 0.850. The summed E-state index contributed by atoms with van der Waals surface area (Å²) in [6, 6.07) is 0. The molecule has 2 aromatic heterocycles. The molecule has 0 saturated heterocycles. The Morgan fingerprint density at radius 3 is 2.92 bits per heavy atom. The number of fused-ring (bicyclic) bond motifs is 1. The average molecular weight is 342 g/mol. The van der Waals surface area contributed by atoms with Crippen molar-refractivity contribution in [1.82, 2.24) is 14.6 Å². The molecule has 0 bridgehead atoms. The monoisotopic (exact) mass is 342 g/mol. The van der Waals surface area contributed by atoms with E-state index in [2.05, 4.69) is 16.7 Å². The number of allylic oxidation sites excluding steroid dienone is 5. The standard InChI is InChI=1S/C16H14N4O3S/c1-3-4-10-5-9(7-12(23-2)13(10)21)6-11-14(17)20-16(19-15(11)22)24-8-18-20/h3,5-8H,1,4,17H2,2H3/b9-6-. The number of ketones is 1. The third kappa shape index (κ3) is 2.67. The third-order valence-electron chi connectivity index (χ3n) is 3.48. The summed E-state index contributed by atoms with van der Waals surface area (Å²) in [6.07, 6.45) is 6.84. The Morgan fingerprint density at radius 1 is 1.42 bits per heavy atom. The van der Waals surface area contributed by atoms with Crippen LogP contribution in [0.1, 0.15) is 12.0 Å². The van der Waals surface area contributed by atoms with Crippen molar-refractivity contribution in [1.29, 1.82) is 0 Å². The van der Waals surface area contributed by atoms with Crippen LogP contribution in [-0.4, -0.2) is 27.5 Å². The summed E-state index contributed by atoms with van der Waals surface area (Å²) in [7, 11) is 1.42. The first-order valence-electron chi connectivity index (χ1n) is 7.00. The van der Waals surface area contributed by atoms with Gasteiger partial charge in [-0.25, -0.2) is 0 Å². The third-order valence-corrected chi connectivity index (χ3v) is 4.16. The van der Waals surface area contributed by atoms with Crippen molar-refractivity contribution in [3.8, 4) is 0 Å². The first-order valence-corrected chi connectivity index (χ1v) is 7.88. The molecular formula is C16H14N4O3S. The number of hydrogen-bond donors (Lipinski definition) is 1. The van der Waals surface area contributed by atoms with Crippen molar-refractivity contribution in [3.05, 3.63) is 63.1 Å². The molecule has 0 aromatic carbocycles. The van der Waals surface area contributed by atoms with Crippen LogP contribution >= 0.6 is 11.3 Å². The lowest BCUT2D eigenvalue weighted by Crippen LogP contribution is -2.17. The van der Waals surface area contributed by atoms with Gasteiger partial charge in [0.15, 0.2) is 5.76 Å². The summed E-state index contributed by atoms with van der Waals surface area (Å²) in [4.78, 5) is 28.8. The van der Waals surface area contributed by atoms with Gasteiger partial charge in [-0.3, -0.25) is 9.59 Å². The summed E-state index contributed by atoms with van der Waals surface area (Å²) in [5.41, 5.74) is 8.49. The highest BCUT2D eigenvalue weighted by atomic mass is 32.1. The fourth-order valence-corrected chi connectivity index (χ4v) is 2.97. The predicted molar refractivity (Wildman–Crippen MR) is 92.5 cm³/mol. The number of rotatable bonds is 4. The number of Topliss-reactive ketones (excluding diaryl/α,β-unsaturated/α-hetero) is 1.